The molecule has 3 rings (SSSR count). The van der Waals surface area contributed by atoms with Crippen LogP contribution in [-0.4, -0.2) is 186 Å². The number of aliphatic hydroxyl groups excluding tert-OH is 2. The number of pyridine rings is 1. The maximum Gasteiger partial charge on any atom is 0.252 e. The summed E-state index contributed by atoms with van der Waals surface area (Å²) in [5.74, 6) is -10.1. The van der Waals surface area contributed by atoms with E-state index < -0.39 is 145 Å². The second-order valence-corrected chi connectivity index (χ2v) is 20.7. The van der Waals surface area contributed by atoms with Crippen molar-refractivity contribution in [2.75, 3.05) is 39.3 Å². The molecule has 0 fully saturated rings. The second-order valence-electron chi connectivity index (χ2n) is 20.7. The summed E-state index contributed by atoms with van der Waals surface area (Å²) in [4.78, 5) is 153. The van der Waals surface area contributed by atoms with Crippen LogP contribution in [0.5, 0.6) is 0 Å². The van der Waals surface area contributed by atoms with Gasteiger partial charge in [-0.3, -0.25) is 57.7 Å². The maximum atomic E-state index is 14.3. The van der Waals surface area contributed by atoms with Crippen LogP contribution in [0.25, 0.3) is 11.3 Å². The van der Waals surface area contributed by atoms with Gasteiger partial charge in [-0.05, 0) is 95.7 Å². The Morgan fingerprint density at radius 3 is 1.36 bits per heavy atom. The molecule has 0 spiro atoms. The molecule has 0 aliphatic heterocycles. The number of benzene rings is 2. The van der Waals surface area contributed by atoms with E-state index in [9.17, 15) is 63.0 Å². The Morgan fingerprint density at radius 1 is 0.477 bits per heavy atom. The fraction of sp³-hybridized carbons (Fsp3) is 0.500. The highest BCUT2D eigenvalue weighted by molar-refractivity contribution is 6.01. The summed E-state index contributed by atoms with van der Waals surface area (Å²) in [6.45, 7) is 4.11. The molecule has 0 unspecified atom stereocenters. The van der Waals surface area contributed by atoms with Crippen molar-refractivity contribution < 1.29 is 63.0 Å². The van der Waals surface area contributed by atoms with Crippen molar-refractivity contribution in [1.82, 2.24) is 58.2 Å². The molecular weight excluding hydrogens is 1120 g/mol. The molecule has 30 nitrogen and oxygen atoms in total. The molecule has 0 bridgehead atoms. The first-order chi connectivity index (χ1) is 40.9. The number of aliphatic hydroxyl groups is 2. The lowest BCUT2D eigenvalue weighted by atomic mass is 10.00. The van der Waals surface area contributed by atoms with E-state index in [-0.39, 0.29) is 76.2 Å². The first kappa shape index (κ1) is 71.7. The van der Waals surface area contributed by atoms with Crippen molar-refractivity contribution in [2.45, 2.75) is 133 Å². The smallest absolute Gasteiger partial charge is 0.252 e. The SMILES string of the molecule is CC(C)C[C@H](NC(=O)[C@@H](Cc1ccccc1)NC(=O)[C@H](CCN)NC(=O)[C@H](C)NC(=O)[C@H](CN)NC(=O)[C@H](CO)NC(=O)[C@H](CCN)NC(=O)c1ccnc(-c2ccccc2)c1)C(=O)N[C@@H](CCN)C(=O)N[C@@H](CCN)C(=O)N[C@H](C(N)=O)[C@@H](C)O. The van der Waals surface area contributed by atoms with Crippen molar-refractivity contribution in [3.63, 3.8) is 0 Å². The molecule has 86 heavy (non-hydrogen) atoms. The van der Waals surface area contributed by atoms with Crippen molar-refractivity contribution >= 4 is 65.0 Å². The summed E-state index contributed by atoms with van der Waals surface area (Å²) >= 11 is 0. The van der Waals surface area contributed by atoms with Gasteiger partial charge in [0.2, 0.25) is 59.1 Å². The van der Waals surface area contributed by atoms with E-state index in [1.807, 2.05) is 6.07 Å². The number of amides is 11. The third-order valence-electron chi connectivity index (χ3n) is 13.2. The number of aromatic nitrogens is 1. The van der Waals surface area contributed by atoms with Gasteiger partial charge in [0.15, 0.2) is 0 Å². The fourth-order valence-electron chi connectivity index (χ4n) is 8.50. The molecular formula is C56H85N17O13. The summed E-state index contributed by atoms with van der Waals surface area (Å²) < 4.78 is 0. The molecule has 3 aromatic rings. The molecule has 11 atom stereocenters. The molecule has 1 aromatic heterocycles. The van der Waals surface area contributed by atoms with Gasteiger partial charge in [-0.15, -0.1) is 0 Å². The van der Waals surface area contributed by atoms with Gasteiger partial charge < -0.3 is 97.8 Å². The van der Waals surface area contributed by atoms with E-state index in [2.05, 4.69) is 58.2 Å². The number of rotatable bonds is 37. The minimum absolute atomic E-state index is 0.0248. The van der Waals surface area contributed by atoms with Crippen LogP contribution in [0.4, 0.5) is 0 Å². The minimum atomic E-state index is -1.66. The van der Waals surface area contributed by atoms with Gasteiger partial charge >= 0.3 is 0 Å². The Hall–Kier alpha value is -8.52. The Labute approximate surface area is 498 Å². The number of hydrogen-bond acceptors (Lipinski definition) is 19. The first-order valence-electron chi connectivity index (χ1n) is 28.1. The van der Waals surface area contributed by atoms with Crippen molar-refractivity contribution in [3.8, 4) is 11.3 Å². The van der Waals surface area contributed by atoms with Gasteiger partial charge in [0.05, 0.1) is 18.4 Å². The molecule has 0 saturated heterocycles. The van der Waals surface area contributed by atoms with Crippen LogP contribution in [0.3, 0.4) is 0 Å². The van der Waals surface area contributed by atoms with Gasteiger partial charge in [-0.25, -0.2) is 0 Å². The number of carbonyl (C=O) groups excluding carboxylic acids is 11. The fourth-order valence-corrected chi connectivity index (χ4v) is 8.50. The average molecular weight is 1200 g/mol. The number of nitrogens with two attached hydrogens (primary N) is 6. The van der Waals surface area contributed by atoms with Crippen molar-refractivity contribution in [2.24, 2.45) is 40.3 Å². The highest BCUT2D eigenvalue weighted by atomic mass is 16.3. The van der Waals surface area contributed by atoms with Crippen LogP contribution in [0, 0.1) is 5.92 Å². The van der Waals surface area contributed by atoms with Gasteiger partial charge in [0.1, 0.15) is 60.4 Å². The molecule has 0 radical (unpaired) electrons. The largest absolute Gasteiger partial charge is 0.394 e. The summed E-state index contributed by atoms with van der Waals surface area (Å²) in [5, 5.41) is 45.0. The number of nitrogens with zero attached hydrogens (tertiary/aromatic N) is 1. The van der Waals surface area contributed by atoms with Crippen LogP contribution in [0.15, 0.2) is 79.0 Å². The van der Waals surface area contributed by atoms with Gasteiger partial charge in [0.25, 0.3) is 5.91 Å². The molecule has 2 aromatic carbocycles. The lowest BCUT2D eigenvalue weighted by molar-refractivity contribution is -0.136. The maximum absolute atomic E-state index is 14.3. The monoisotopic (exact) mass is 1200 g/mol. The molecule has 30 heteroatoms. The van der Waals surface area contributed by atoms with Crippen molar-refractivity contribution in [3.05, 3.63) is 90.1 Å². The molecule has 24 N–H and O–H groups in total. The third kappa shape index (κ3) is 23.5. The van der Waals surface area contributed by atoms with E-state index in [1.54, 1.807) is 68.4 Å². The average Bonchev–Trinajstić information content (AvgIpc) is 3.64. The van der Waals surface area contributed by atoms with E-state index in [4.69, 9.17) is 34.4 Å². The highest BCUT2D eigenvalue weighted by Gasteiger charge is 2.36. The minimum Gasteiger partial charge on any atom is -0.394 e. The summed E-state index contributed by atoms with van der Waals surface area (Å²) in [6, 6.07) is 6.31. The number of carbonyl (C=O) groups is 11. The Morgan fingerprint density at radius 2 is 0.884 bits per heavy atom. The molecule has 11 amide bonds. The van der Waals surface area contributed by atoms with Crippen molar-refractivity contribution in [1.29, 1.82) is 0 Å². The lowest BCUT2D eigenvalue weighted by Crippen LogP contribution is -2.61. The zero-order valence-corrected chi connectivity index (χ0v) is 48.7. The summed E-state index contributed by atoms with van der Waals surface area (Å²) in [7, 11) is 0. The van der Waals surface area contributed by atoms with Crippen LogP contribution in [0.1, 0.15) is 75.7 Å². The van der Waals surface area contributed by atoms with E-state index in [1.165, 1.54) is 32.2 Å². The highest BCUT2D eigenvalue weighted by Crippen LogP contribution is 2.18. The van der Waals surface area contributed by atoms with Gasteiger partial charge in [-0.1, -0.05) is 74.5 Å². The Bertz CT molecular complexity index is 2740. The zero-order valence-electron chi connectivity index (χ0n) is 48.7. The van der Waals surface area contributed by atoms with Gasteiger partial charge in [0, 0.05) is 30.3 Å². The third-order valence-corrected chi connectivity index (χ3v) is 13.2. The van der Waals surface area contributed by atoms with E-state index >= 15 is 0 Å². The molecule has 1 heterocycles. The molecule has 472 valence electrons. The predicted octanol–water partition coefficient (Wildman–Crippen LogP) is -6.27. The number of primary amides is 1. The van der Waals surface area contributed by atoms with Crippen LogP contribution in [-0.2, 0) is 54.4 Å². The lowest BCUT2D eigenvalue weighted by Gasteiger charge is -2.28. The van der Waals surface area contributed by atoms with E-state index in [0.29, 0.717) is 11.3 Å². The number of hydrogen-bond donors (Lipinski definition) is 18. The van der Waals surface area contributed by atoms with E-state index in [0.717, 1.165) is 5.56 Å². The second kappa shape index (κ2) is 37.0. The normalized spacial score (nSPS) is 14.9. The number of nitrogens with one attached hydrogen (secondary N) is 10. The van der Waals surface area contributed by atoms with Crippen LogP contribution >= 0.6 is 0 Å². The summed E-state index contributed by atoms with van der Waals surface area (Å²) in [5.41, 5.74) is 36.3. The topological polar surface area (TPSA) is 518 Å². The quantitative estimate of drug-likeness (QED) is 0.0255. The molecule has 0 aliphatic carbocycles. The zero-order chi connectivity index (χ0) is 64.0. The Balaban J connectivity index is 1.73. The van der Waals surface area contributed by atoms with Gasteiger partial charge in [-0.2, -0.15) is 0 Å². The molecule has 0 aliphatic rings. The first-order valence-corrected chi connectivity index (χ1v) is 28.1. The van der Waals surface area contributed by atoms with Crippen LogP contribution in [0.2, 0.25) is 0 Å². The standard InChI is InChI=1S/C56H85N17O13/c1-30(2)25-41(53(83)68-38(17-22-59)49(79)67-39(18-23-60)52(82)73-45(32(4)75)46(62)76)69-54(84)42(26-33-11-7-5-8-12-33)70-50(80)36(15-20-57)65-47(77)31(3)64-55(85)43(28-61)71-56(86)44(29-74)72-51(81)37(16-21-58)66-48(78)35-19-24-63-40(27-35)34-13-9-6-10-14-34/h5-14,19,24,27,30-32,36-39,41-45,74-75H,15-18,20-23,25-26,28-29,57-61H2,1-4H3,(H2,62,76)(H,64,85)(H,65,77)(H,66,78)(H,67,79)(H,68,83)(H,69,84)(H,70,80)(H,71,86)(H,72,81)(H,73,82)/t31-,32+,36-,37-,38-,39-,41-,42+,43-,44-,45-/m0/s1. The predicted molar refractivity (Wildman–Crippen MR) is 315 cm³/mol. The molecule has 0 saturated carbocycles. The summed E-state index contributed by atoms with van der Waals surface area (Å²) in [6.07, 6.45) is -0.552. The Kier molecular flexibility index (Phi) is 30.9. The van der Waals surface area contributed by atoms with Crippen LogP contribution < -0.4 is 87.6 Å².